The van der Waals surface area contributed by atoms with Crippen LogP contribution >= 0.6 is 23.2 Å². The van der Waals surface area contributed by atoms with Crippen molar-refractivity contribution in [3.05, 3.63) is 33.7 Å². The molecular formula is C14H11Cl2F4N3O. The SMILES string of the molecule is N[C@]1(C(F)(F)F)CCN(C(=O)c2[nH]c3ccc(F)c(Cl)c3c2Cl)C1. The van der Waals surface area contributed by atoms with Crippen LogP contribution in [0, 0.1) is 5.82 Å². The minimum absolute atomic E-state index is 0.107. The van der Waals surface area contributed by atoms with E-state index in [-0.39, 0.29) is 27.7 Å². The Morgan fingerprint density at radius 2 is 1.96 bits per heavy atom. The average molecular weight is 384 g/mol. The van der Waals surface area contributed by atoms with Crippen LogP contribution in [0.2, 0.25) is 10.0 Å². The van der Waals surface area contributed by atoms with E-state index in [2.05, 4.69) is 4.98 Å². The van der Waals surface area contributed by atoms with Crippen LogP contribution in [0.4, 0.5) is 17.6 Å². The Morgan fingerprint density at radius 1 is 1.29 bits per heavy atom. The van der Waals surface area contributed by atoms with Crippen molar-refractivity contribution in [2.75, 3.05) is 13.1 Å². The van der Waals surface area contributed by atoms with E-state index < -0.39 is 36.4 Å². The molecule has 4 nitrogen and oxygen atoms in total. The Hall–Kier alpha value is -1.51. The first-order valence-electron chi connectivity index (χ1n) is 6.85. The second-order valence-corrected chi connectivity index (χ2v) is 6.48. The Morgan fingerprint density at radius 3 is 2.54 bits per heavy atom. The summed E-state index contributed by atoms with van der Waals surface area (Å²) in [7, 11) is 0. The number of alkyl halides is 3. The lowest BCUT2D eigenvalue weighted by Gasteiger charge is -2.27. The molecule has 2 heterocycles. The van der Waals surface area contributed by atoms with E-state index in [1.165, 1.54) is 6.07 Å². The van der Waals surface area contributed by atoms with E-state index in [1.807, 2.05) is 0 Å². The molecule has 1 aromatic heterocycles. The van der Waals surface area contributed by atoms with Crippen LogP contribution < -0.4 is 5.73 Å². The number of H-pyrrole nitrogens is 1. The van der Waals surface area contributed by atoms with Crippen LogP contribution in [0.3, 0.4) is 0 Å². The molecule has 1 aromatic carbocycles. The maximum atomic E-state index is 13.5. The van der Waals surface area contributed by atoms with Gasteiger partial charge in [-0.1, -0.05) is 23.2 Å². The first-order valence-corrected chi connectivity index (χ1v) is 7.61. The van der Waals surface area contributed by atoms with Gasteiger partial charge in [-0.05, 0) is 18.6 Å². The molecule has 3 rings (SSSR count). The molecule has 0 radical (unpaired) electrons. The molecule has 130 valence electrons. The van der Waals surface area contributed by atoms with Crippen molar-refractivity contribution < 1.29 is 22.4 Å². The maximum absolute atomic E-state index is 13.5. The first kappa shape index (κ1) is 17.3. The number of fused-ring (bicyclic) bond motifs is 1. The number of likely N-dealkylation sites (tertiary alicyclic amines) is 1. The van der Waals surface area contributed by atoms with Crippen molar-refractivity contribution in [2.24, 2.45) is 5.73 Å². The fourth-order valence-electron chi connectivity index (χ4n) is 2.73. The van der Waals surface area contributed by atoms with Crippen molar-refractivity contribution >= 4 is 40.0 Å². The Bertz CT molecular complexity index is 836. The molecule has 1 amide bonds. The summed E-state index contributed by atoms with van der Waals surface area (Å²) in [6.45, 7) is -0.842. The third-order valence-electron chi connectivity index (χ3n) is 4.16. The lowest BCUT2D eigenvalue weighted by Crippen LogP contribution is -2.55. The van der Waals surface area contributed by atoms with Gasteiger partial charge in [0.15, 0.2) is 0 Å². The maximum Gasteiger partial charge on any atom is 0.408 e. The van der Waals surface area contributed by atoms with Gasteiger partial charge in [0, 0.05) is 24.0 Å². The molecule has 0 aliphatic carbocycles. The molecule has 0 saturated carbocycles. The molecule has 0 bridgehead atoms. The highest BCUT2D eigenvalue weighted by Gasteiger charge is 2.56. The van der Waals surface area contributed by atoms with Gasteiger partial charge in [0.05, 0.1) is 10.0 Å². The molecule has 1 aliphatic heterocycles. The van der Waals surface area contributed by atoms with Gasteiger partial charge in [-0.3, -0.25) is 4.79 Å². The van der Waals surface area contributed by atoms with Gasteiger partial charge < -0.3 is 15.6 Å². The summed E-state index contributed by atoms with van der Waals surface area (Å²) in [5.41, 5.74) is 3.07. The molecule has 3 N–H and O–H groups in total. The van der Waals surface area contributed by atoms with E-state index in [0.29, 0.717) is 5.52 Å². The van der Waals surface area contributed by atoms with Gasteiger partial charge in [0.1, 0.15) is 17.1 Å². The molecule has 10 heteroatoms. The van der Waals surface area contributed by atoms with E-state index in [1.54, 1.807) is 0 Å². The number of hydrogen-bond donors (Lipinski definition) is 2. The first-order chi connectivity index (χ1) is 11.0. The molecule has 24 heavy (non-hydrogen) atoms. The number of nitrogens with one attached hydrogen (secondary N) is 1. The molecule has 1 aliphatic rings. The minimum Gasteiger partial charge on any atom is -0.349 e. The Balaban J connectivity index is 1.96. The number of nitrogens with zero attached hydrogens (tertiary/aromatic N) is 1. The number of halogens is 6. The van der Waals surface area contributed by atoms with E-state index in [9.17, 15) is 22.4 Å². The van der Waals surface area contributed by atoms with Crippen LogP contribution in [0.1, 0.15) is 16.9 Å². The second kappa shape index (κ2) is 5.50. The summed E-state index contributed by atoms with van der Waals surface area (Å²) in [5.74, 6) is -1.47. The molecular weight excluding hydrogens is 373 g/mol. The largest absolute Gasteiger partial charge is 0.408 e. The number of hydrogen-bond acceptors (Lipinski definition) is 2. The average Bonchev–Trinajstić information content (AvgIpc) is 3.04. The number of rotatable bonds is 1. The number of aromatic amines is 1. The van der Waals surface area contributed by atoms with Crippen LogP contribution in [0.5, 0.6) is 0 Å². The Kier molecular flexibility index (Phi) is 3.97. The van der Waals surface area contributed by atoms with Crippen LogP contribution in [-0.2, 0) is 0 Å². The third-order valence-corrected chi connectivity index (χ3v) is 4.91. The Labute approximate surface area is 143 Å². The van der Waals surface area contributed by atoms with Gasteiger partial charge in [-0.15, -0.1) is 0 Å². The number of amides is 1. The van der Waals surface area contributed by atoms with Gasteiger partial charge in [0.2, 0.25) is 0 Å². The van der Waals surface area contributed by atoms with Crippen LogP contribution in [-0.4, -0.2) is 40.6 Å². The van der Waals surface area contributed by atoms with Gasteiger partial charge >= 0.3 is 6.18 Å². The van der Waals surface area contributed by atoms with Crippen molar-refractivity contribution in [2.45, 2.75) is 18.1 Å². The van der Waals surface area contributed by atoms with Crippen molar-refractivity contribution in [3.63, 3.8) is 0 Å². The standard InChI is InChI=1S/C14H11Cl2F4N3O/c15-9-6(17)1-2-7-8(9)10(16)11(22-7)12(24)23-4-3-13(21,5-23)14(18,19)20/h1-2,22H,3-5,21H2/t13-/m1/s1. The number of benzene rings is 1. The van der Waals surface area contributed by atoms with Crippen molar-refractivity contribution in [3.8, 4) is 0 Å². The fraction of sp³-hybridized carbons (Fsp3) is 0.357. The van der Waals surface area contributed by atoms with Gasteiger partial charge in [0.25, 0.3) is 5.91 Å². The smallest absolute Gasteiger partial charge is 0.349 e. The van der Waals surface area contributed by atoms with E-state index in [4.69, 9.17) is 28.9 Å². The summed E-state index contributed by atoms with van der Waals surface area (Å²) in [6, 6.07) is 2.43. The fourth-order valence-corrected chi connectivity index (χ4v) is 3.36. The summed E-state index contributed by atoms with van der Waals surface area (Å²) in [6.07, 6.45) is -5.03. The predicted octanol–water partition coefficient (Wildman–Crippen LogP) is 3.72. The van der Waals surface area contributed by atoms with Gasteiger partial charge in [-0.25, -0.2) is 4.39 Å². The summed E-state index contributed by atoms with van der Waals surface area (Å²) in [4.78, 5) is 16.1. The number of aromatic nitrogens is 1. The highest BCUT2D eigenvalue weighted by Crippen LogP contribution is 2.38. The summed E-state index contributed by atoms with van der Waals surface area (Å²) in [5, 5.41) is -0.297. The lowest BCUT2D eigenvalue weighted by molar-refractivity contribution is -0.181. The topological polar surface area (TPSA) is 62.1 Å². The molecule has 1 atom stereocenters. The molecule has 2 aromatic rings. The summed E-state index contributed by atoms with van der Waals surface area (Å²) < 4.78 is 52.4. The predicted molar refractivity (Wildman–Crippen MR) is 81.8 cm³/mol. The quantitative estimate of drug-likeness (QED) is 0.737. The lowest BCUT2D eigenvalue weighted by atomic mass is 10.00. The van der Waals surface area contributed by atoms with Crippen LogP contribution in [0.25, 0.3) is 10.9 Å². The number of carbonyl (C=O) groups is 1. The van der Waals surface area contributed by atoms with E-state index in [0.717, 1.165) is 11.0 Å². The zero-order chi connectivity index (χ0) is 17.9. The molecule has 0 spiro atoms. The minimum atomic E-state index is -4.63. The number of nitrogens with two attached hydrogens (primary N) is 1. The van der Waals surface area contributed by atoms with Crippen LogP contribution in [0.15, 0.2) is 12.1 Å². The van der Waals surface area contributed by atoms with Gasteiger partial charge in [-0.2, -0.15) is 13.2 Å². The molecule has 1 saturated heterocycles. The van der Waals surface area contributed by atoms with Crippen molar-refractivity contribution in [1.29, 1.82) is 0 Å². The second-order valence-electron chi connectivity index (χ2n) is 5.73. The number of carbonyl (C=O) groups excluding carboxylic acids is 1. The highest BCUT2D eigenvalue weighted by molar-refractivity contribution is 6.44. The summed E-state index contributed by atoms with van der Waals surface area (Å²) >= 11 is 11.9. The van der Waals surface area contributed by atoms with E-state index >= 15 is 0 Å². The third kappa shape index (κ3) is 2.53. The zero-order valence-corrected chi connectivity index (χ0v) is 13.5. The zero-order valence-electron chi connectivity index (χ0n) is 12.0. The molecule has 0 unspecified atom stereocenters. The highest BCUT2D eigenvalue weighted by atomic mass is 35.5. The molecule has 1 fully saturated rings. The monoisotopic (exact) mass is 383 g/mol. The normalized spacial score (nSPS) is 21.7. The van der Waals surface area contributed by atoms with Crippen molar-refractivity contribution in [1.82, 2.24) is 9.88 Å².